The van der Waals surface area contributed by atoms with Crippen LogP contribution in [-0.4, -0.2) is 19.6 Å². The SMILES string of the molecule is Cc1cc2ncc(CNc3cnccc3C)cn2n1. The van der Waals surface area contributed by atoms with Gasteiger partial charge >= 0.3 is 0 Å². The van der Waals surface area contributed by atoms with E-state index in [1.165, 1.54) is 5.56 Å². The normalized spacial score (nSPS) is 10.8. The summed E-state index contributed by atoms with van der Waals surface area (Å²) < 4.78 is 1.81. The zero-order chi connectivity index (χ0) is 13.2. The predicted molar refractivity (Wildman–Crippen MR) is 74.0 cm³/mol. The molecule has 19 heavy (non-hydrogen) atoms. The molecule has 1 N–H and O–H groups in total. The van der Waals surface area contributed by atoms with Crippen LogP contribution in [0.4, 0.5) is 5.69 Å². The number of aromatic nitrogens is 4. The van der Waals surface area contributed by atoms with Crippen molar-refractivity contribution in [3.05, 3.63) is 53.7 Å². The van der Waals surface area contributed by atoms with Crippen LogP contribution in [0.3, 0.4) is 0 Å². The maximum absolute atomic E-state index is 4.38. The van der Waals surface area contributed by atoms with E-state index in [1.54, 1.807) is 6.20 Å². The van der Waals surface area contributed by atoms with Crippen molar-refractivity contribution in [2.45, 2.75) is 20.4 Å². The highest BCUT2D eigenvalue weighted by atomic mass is 15.2. The van der Waals surface area contributed by atoms with Crippen molar-refractivity contribution in [1.82, 2.24) is 19.6 Å². The van der Waals surface area contributed by atoms with E-state index in [2.05, 4.69) is 27.3 Å². The molecule has 3 aromatic heterocycles. The molecule has 3 heterocycles. The van der Waals surface area contributed by atoms with E-state index >= 15 is 0 Å². The molecule has 0 saturated carbocycles. The fraction of sp³-hybridized carbons (Fsp3) is 0.214. The van der Waals surface area contributed by atoms with Crippen molar-refractivity contribution in [2.24, 2.45) is 0 Å². The zero-order valence-electron chi connectivity index (χ0n) is 11.0. The minimum atomic E-state index is 0.703. The molecule has 3 rings (SSSR count). The highest BCUT2D eigenvalue weighted by molar-refractivity contribution is 5.48. The number of hydrogen-bond donors (Lipinski definition) is 1. The van der Waals surface area contributed by atoms with Gasteiger partial charge in [-0.3, -0.25) is 4.98 Å². The largest absolute Gasteiger partial charge is 0.379 e. The molecular formula is C14H15N5. The van der Waals surface area contributed by atoms with Crippen molar-refractivity contribution < 1.29 is 0 Å². The Balaban J connectivity index is 1.80. The predicted octanol–water partition coefficient (Wildman–Crippen LogP) is 2.35. The molecule has 0 bridgehead atoms. The molecule has 0 saturated heterocycles. The highest BCUT2D eigenvalue weighted by Gasteiger charge is 2.02. The van der Waals surface area contributed by atoms with Crippen LogP contribution < -0.4 is 5.32 Å². The van der Waals surface area contributed by atoms with E-state index in [0.717, 1.165) is 22.6 Å². The van der Waals surface area contributed by atoms with Gasteiger partial charge in [-0.05, 0) is 25.5 Å². The molecule has 3 aromatic rings. The standard InChI is InChI=1S/C14H15N5/c1-10-3-4-15-8-13(10)16-6-12-7-17-14-5-11(2)18-19(14)9-12/h3-5,7-9,16H,6H2,1-2H3. The Bertz CT molecular complexity index is 717. The lowest BCUT2D eigenvalue weighted by Crippen LogP contribution is -2.03. The molecule has 0 aromatic carbocycles. The summed E-state index contributed by atoms with van der Waals surface area (Å²) in [5.74, 6) is 0. The monoisotopic (exact) mass is 253 g/mol. The third-order valence-corrected chi connectivity index (χ3v) is 3.01. The number of anilines is 1. The summed E-state index contributed by atoms with van der Waals surface area (Å²) in [4.78, 5) is 8.50. The highest BCUT2D eigenvalue weighted by Crippen LogP contribution is 2.13. The van der Waals surface area contributed by atoms with Gasteiger partial charge in [0.05, 0.1) is 17.6 Å². The summed E-state index contributed by atoms with van der Waals surface area (Å²) in [5.41, 5.74) is 5.15. The van der Waals surface area contributed by atoms with Crippen LogP contribution >= 0.6 is 0 Å². The summed E-state index contributed by atoms with van der Waals surface area (Å²) in [7, 11) is 0. The molecular weight excluding hydrogens is 238 g/mol. The van der Waals surface area contributed by atoms with Crippen LogP contribution in [0.2, 0.25) is 0 Å². The molecule has 0 unspecified atom stereocenters. The second-order valence-corrected chi connectivity index (χ2v) is 4.59. The fourth-order valence-corrected chi connectivity index (χ4v) is 1.97. The quantitative estimate of drug-likeness (QED) is 0.778. The first-order valence-corrected chi connectivity index (χ1v) is 6.18. The smallest absolute Gasteiger partial charge is 0.155 e. The van der Waals surface area contributed by atoms with E-state index in [0.29, 0.717) is 6.54 Å². The molecule has 0 atom stereocenters. The molecule has 0 radical (unpaired) electrons. The van der Waals surface area contributed by atoms with Crippen LogP contribution in [-0.2, 0) is 6.54 Å². The lowest BCUT2D eigenvalue weighted by atomic mass is 10.2. The molecule has 0 aliphatic heterocycles. The molecule has 96 valence electrons. The number of fused-ring (bicyclic) bond motifs is 1. The Hall–Kier alpha value is -2.43. The van der Waals surface area contributed by atoms with Gasteiger partial charge in [-0.1, -0.05) is 0 Å². The molecule has 0 fully saturated rings. The summed E-state index contributed by atoms with van der Waals surface area (Å²) in [6.07, 6.45) is 7.49. The van der Waals surface area contributed by atoms with Crippen LogP contribution in [0.25, 0.3) is 5.65 Å². The molecule has 5 nitrogen and oxygen atoms in total. The molecule has 5 heteroatoms. The molecule has 0 spiro atoms. The van der Waals surface area contributed by atoms with Gasteiger partial charge in [0.1, 0.15) is 0 Å². The van der Waals surface area contributed by atoms with Crippen molar-refractivity contribution in [3.8, 4) is 0 Å². The number of hydrogen-bond acceptors (Lipinski definition) is 4. The summed E-state index contributed by atoms with van der Waals surface area (Å²) in [6.45, 7) is 4.72. The molecule has 0 amide bonds. The van der Waals surface area contributed by atoms with E-state index in [4.69, 9.17) is 0 Å². The summed E-state index contributed by atoms with van der Waals surface area (Å²) in [6, 6.07) is 3.95. The maximum Gasteiger partial charge on any atom is 0.155 e. The Morgan fingerprint density at radius 3 is 3.00 bits per heavy atom. The Morgan fingerprint density at radius 2 is 2.16 bits per heavy atom. The number of rotatable bonds is 3. The second-order valence-electron chi connectivity index (χ2n) is 4.59. The summed E-state index contributed by atoms with van der Waals surface area (Å²) >= 11 is 0. The lowest BCUT2D eigenvalue weighted by molar-refractivity contribution is 0.895. The molecule has 0 aliphatic carbocycles. The van der Waals surface area contributed by atoms with Gasteiger partial charge in [0.15, 0.2) is 5.65 Å². The van der Waals surface area contributed by atoms with Gasteiger partial charge in [0.25, 0.3) is 0 Å². The molecule has 0 aliphatic rings. The fourth-order valence-electron chi connectivity index (χ4n) is 1.97. The topological polar surface area (TPSA) is 55.1 Å². The third-order valence-electron chi connectivity index (χ3n) is 3.01. The summed E-state index contributed by atoms with van der Waals surface area (Å²) in [5, 5.41) is 7.72. The number of pyridine rings is 1. The zero-order valence-corrected chi connectivity index (χ0v) is 11.0. The van der Waals surface area contributed by atoms with E-state index in [1.807, 2.05) is 42.2 Å². The Morgan fingerprint density at radius 1 is 1.26 bits per heavy atom. The minimum Gasteiger partial charge on any atom is -0.379 e. The van der Waals surface area contributed by atoms with E-state index in [-0.39, 0.29) is 0 Å². The average molecular weight is 253 g/mol. The Kier molecular flexibility index (Phi) is 2.87. The van der Waals surface area contributed by atoms with Gasteiger partial charge in [-0.2, -0.15) is 5.10 Å². The van der Waals surface area contributed by atoms with Crippen LogP contribution in [0.15, 0.2) is 36.9 Å². The van der Waals surface area contributed by atoms with Crippen LogP contribution in [0.5, 0.6) is 0 Å². The Labute approximate surface area is 111 Å². The van der Waals surface area contributed by atoms with Gasteiger partial charge in [-0.15, -0.1) is 0 Å². The minimum absolute atomic E-state index is 0.703. The van der Waals surface area contributed by atoms with Crippen LogP contribution in [0, 0.1) is 13.8 Å². The van der Waals surface area contributed by atoms with Crippen molar-refractivity contribution in [3.63, 3.8) is 0 Å². The first-order valence-electron chi connectivity index (χ1n) is 6.18. The van der Waals surface area contributed by atoms with Gasteiger partial charge in [-0.25, -0.2) is 9.50 Å². The average Bonchev–Trinajstić information content (AvgIpc) is 2.77. The van der Waals surface area contributed by atoms with Crippen LogP contribution in [0.1, 0.15) is 16.8 Å². The van der Waals surface area contributed by atoms with Crippen molar-refractivity contribution in [2.75, 3.05) is 5.32 Å². The first kappa shape index (κ1) is 11.6. The van der Waals surface area contributed by atoms with Gasteiger partial charge in [0.2, 0.25) is 0 Å². The van der Waals surface area contributed by atoms with Gasteiger partial charge in [0, 0.05) is 36.8 Å². The number of nitrogens with one attached hydrogen (secondary N) is 1. The second kappa shape index (κ2) is 4.68. The maximum atomic E-state index is 4.38. The number of aryl methyl sites for hydroxylation is 2. The van der Waals surface area contributed by atoms with Crippen molar-refractivity contribution >= 4 is 11.3 Å². The first-order chi connectivity index (χ1) is 9.22. The van der Waals surface area contributed by atoms with E-state index in [9.17, 15) is 0 Å². The lowest BCUT2D eigenvalue weighted by Gasteiger charge is -2.08. The van der Waals surface area contributed by atoms with E-state index < -0.39 is 0 Å². The number of nitrogens with zero attached hydrogens (tertiary/aromatic N) is 4. The third kappa shape index (κ3) is 2.40. The van der Waals surface area contributed by atoms with Crippen molar-refractivity contribution in [1.29, 1.82) is 0 Å². The van der Waals surface area contributed by atoms with Gasteiger partial charge < -0.3 is 5.32 Å².